The maximum absolute atomic E-state index is 14.4. The lowest BCUT2D eigenvalue weighted by Gasteiger charge is -2.37. The van der Waals surface area contributed by atoms with Gasteiger partial charge in [-0.2, -0.15) is 0 Å². The molecule has 0 amide bonds. The van der Waals surface area contributed by atoms with Crippen molar-refractivity contribution >= 4 is 22.7 Å². The van der Waals surface area contributed by atoms with E-state index in [4.69, 9.17) is 21.1 Å². The first-order valence-corrected chi connectivity index (χ1v) is 12.0. The number of nitrogens with zero attached hydrogens (tertiary/aromatic N) is 1. The van der Waals surface area contributed by atoms with Crippen molar-refractivity contribution in [2.75, 3.05) is 32.9 Å². The van der Waals surface area contributed by atoms with E-state index in [2.05, 4.69) is 4.90 Å². The summed E-state index contributed by atoms with van der Waals surface area (Å²) in [6.45, 7) is 4.52. The van der Waals surface area contributed by atoms with Gasteiger partial charge in [-0.1, -0.05) is 35.9 Å². The van der Waals surface area contributed by atoms with Crippen molar-refractivity contribution in [2.45, 2.75) is 13.0 Å². The number of rotatable bonds is 7. The van der Waals surface area contributed by atoms with Crippen LogP contribution < -0.4 is 9.47 Å². The number of allylic oxidation sites excluding steroid dienone is 1. The fraction of sp³-hybridized carbons (Fsp3) is 0.286. The number of phenolic OH excluding ortho intramolecular Hbond substituents is 1. The summed E-state index contributed by atoms with van der Waals surface area (Å²) in [5, 5.41) is 10.1. The molecular formula is C28H26ClF2NO3. The highest BCUT2D eigenvalue weighted by Crippen LogP contribution is 2.49. The summed E-state index contributed by atoms with van der Waals surface area (Å²) in [7, 11) is 0. The van der Waals surface area contributed by atoms with E-state index in [1.54, 1.807) is 30.3 Å². The first-order valence-electron chi connectivity index (χ1n) is 11.6. The van der Waals surface area contributed by atoms with E-state index in [-0.39, 0.29) is 23.4 Å². The summed E-state index contributed by atoms with van der Waals surface area (Å²) >= 11 is 6.39. The van der Waals surface area contributed by atoms with Crippen LogP contribution in [0.2, 0.25) is 5.02 Å². The van der Waals surface area contributed by atoms with E-state index >= 15 is 0 Å². The number of hydrogen-bond acceptors (Lipinski definition) is 4. The Morgan fingerprint density at radius 2 is 1.86 bits per heavy atom. The van der Waals surface area contributed by atoms with Crippen LogP contribution in [0.4, 0.5) is 8.78 Å². The smallest absolute Gasteiger partial charge is 0.150 e. The fourth-order valence-corrected chi connectivity index (χ4v) is 4.95. The molecule has 0 aliphatic carbocycles. The molecule has 0 spiro atoms. The molecule has 1 atom stereocenters. The third-order valence-electron chi connectivity index (χ3n) is 6.63. The Bertz CT molecular complexity index is 1260. The molecule has 4 nitrogen and oxygen atoms in total. The SMILES string of the molecule is CC1=C(c2cccc(F)c2Cl)[C@H](c2ccc(OCCN3CC(CF)C3)cc2)Oc2ccc(O)cc21. The molecule has 0 saturated carbocycles. The van der Waals surface area contributed by atoms with Crippen LogP contribution in [0, 0.1) is 11.7 Å². The van der Waals surface area contributed by atoms with Crippen molar-refractivity contribution in [1.82, 2.24) is 4.90 Å². The van der Waals surface area contributed by atoms with Gasteiger partial charge < -0.3 is 14.6 Å². The van der Waals surface area contributed by atoms with E-state index in [0.29, 0.717) is 17.9 Å². The van der Waals surface area contributed by atoms with Gasteiger partial charge in [-0.05, 0) is 54.5 Å². The molecule has 0 unspecified atom stereocenters. The Balaban J connectivity index is 1.41. The summed E-state index contributed by atoms with van der Waals surface area (Å²) in [5.41, 5.74) is 3.73. The summed E-state index contributed by atoms with van der Waals surface area (Å²) in [6, 6.07) is 17.3. The maximum Gasteiger partial charge on any atom is 0.150 e. The highest BCUT2D eigenvalue weighted by Gasteiger charge is 2.31. The van der Waals surface area contributed by atoms with E-state index in [9.17, 15) is 13.9 Å². The van der Waals surface area contributed by atoms with Gasteiger partial charge in [-0.15, -0.1) is 0 Å². The van der Waals surface area contributed by atoms with E-state index in [1.165, 1.54) is 6.07 Å². The molecule has 1 N–H and O–H groups in total. The van der Waals surface area contributed by atoms with Crippen molar-refractivity contribution in [2.24, 2.45) is 5.92 Å². The highest BCUT2D eigenvalue weighted by molar-refractivity contribution is 6.33. The van der Waals surface area contributed by atoms with Crippen LogP contribution in [0.5, 0.6) is 17.2 Å². The van der Waals surface area contributed by atoms with Gasteiger partial charge >= 0.3 is 0 Å². The number of aromatic hydroxyl groups is 1. The largest absolute Gasteiger partial charge is 0.508 e. The molecule has 0 bridgehead atoms. The van der Waals surface area contributed by atoms with Crippen molar-refractivity contribution in [3.8, 4) is 17.2 Å². The number of halogens is 3. The quantitative estimate of drug-likeness (QED) is 0.403. The third-order valence-corrected chi connectivity index (χ3v) is 7.01. The van der Waals surface area contributed by atoms with Crippen LogP contribution in [0.3, 0.4) is 0 Å². The second-order valence-electron chi connectivity index (χ2n) is 9.02. The minimum absolute atomic E-state index is 0.0278. The number of fused-ring (bicyclic) bond motifs is 1. The predicted octanol–water partition coefficient (Wildman–Crippen LogP) is 6.53. The van der Waals surface area contributed by atoms with Crippen LogP contribution in [0.25, 0.3) is 11.1 Å². The van der Waals surface area contributed by atoms with Crippen molar-refractivity contribution in [1.29, 1.82) is 0 Å². The van der Waals surface area contributed by atoms with Gasteiger partial charge in [0.05, 0.1) is 11.7 Å². The molecule has 3 aromatic rings. The van der Waals surface area contributed by atoms with Crippen LogP contribution in [0.1, 0.15) is 29.7 Å². The van der Waals surface area contributed by atoms with Gasteiger partial charge in [0, 0.05) is 42.3 Å². The standard InChI is InChI=1S/C28H26ClF2NO3/c1-17-23-13-20(33)7-10-25(23)35-28(26(17)22-3-2-4-24(31)27(22)29)19-5-8-21(9-6-19)34-12-11-32-15-18(14-30)16-32/h2-10,13,18,28,33H,11-12,14-16H2,1H3/t28-/m0/s1. The molecule has 2 aliphatic heterocycles. The van der Waals surface area contributed by atoms with Crippen molar-refractivity contribution < 1.29 is 23.4 Å². The summed E-state index contributed by atoms with van der Waals surface area (Å²) in [4.78, 5) is 2.17. The lowest BCUT2D eigenvalue weighted by Crippen LogP contribution is -2.49. The number of phenols is 1. The zero-order valence-corrected chi connectivity index (χ0v) is 20.1. The molecule has 35 heavy (non-hydrogen) atoms. The molecule has 2 aliphatic rings. The number of hydrogen-bond donors (Lipinski definition) is 1. The number of likely N-dealkylation sites (tertiary alicyclic amines) is 1. The monoisotopic (exact) mass is 497 g/mol. The summed E-state index contributed by atoms with van der Waals surface area (Å²) in [6.07, 6.45) is -0.529. The van der Waals surface area contributed by atoms with Crippen molar-refractivity contribution in [3.05, 3.63) is 88.2 Å². The van der Waals surface area contributed by atoms with Gasteiger partial charge in [0.1, 0.15) is 35.8 Å². The molecule has 7 heteroatoms. The average Bonchev–Trinajstić information content (AvgIpc) is 2.83. The predicted molar refractivity (Wildman–Crippen MR) is 133 cm³/mol. The molecule has 0 radical (unpaired) electrons. The Hall–Kier alpha value is -3.09. The third kappa shape index (κ3) is 4.73. The lowest BCUT2D eigenvalue weighted by atomic mass is 9.86. The molecular weight excluding hydrogens is 472 g/mol. The number of ether oxygens (including phenoxy) is 2. The average molecular weight is 498 g/mol. The fourth-order valence-electron chi connectivity index (χ4n) is 4.72. The van der Waals surface area contributed by atoms with Gasteiger partial charge in [-0.25, -0.2) is 4.39 Å². The molecule has 2 heterocycles. The minimum atomic E-state index is -0.529. The maximum atomic E-state index is 14.4. The Morgan fingerprint density at radius 1 is 1.09 bits per heavy atom. The van der Waals surface area contributed by atoms with Crippen LogP contribution in [-0.2, 0) is 0 Å². The Morgan fingerprint density at radius 3 is 2.60 bits per heavy atom. The highest BCUT2D eigenvalue weighted by atomic mass is 35.5. The molecule has 3 aromatic carbocycles. The lowest BCUT2D eigenvalue weighted by molar-refractivity contribution is 0.0668. The Labute approximate surface area is 208 Å². The molecule has 0 aromatic heterocycles. The van der Waals surface area contributed by atoms with E-state index in [0.717, 1.165) is 47.7 Å². The molecule has 182 valence electrons. The zero-order valence-electron chi connectivity index (χ0n) is 19.3. The van der Waals surface area contributed by atoms with Crippen molar-refractivity contribution in [3.63, 3.8) is 0 Å². The molecule has 1 fully saturated rings. The number of alkyl halides is 1. The Kier molecular flexibility index (Phi) is 6.67. The van der Waals surface area contributed by atoms with E-state index in [1.807, 2.05) is 31.2 Å². The van der Waals surface area contributed by atoms with Crippen LogP contribution in [0.15, 0.2) is 60.7 Å². The topological polar surface area (TPSA) is 41.9 Å². The molecule has 1 saturated heterocycles. The summed E-state index contributed by atoms with van der Waals surface area (Å²) in [5.74, 6) is 1.13. The first kappa shape index (κ1) is 23.6. The second-order valence-corrected chi connectivity index (χ2v) is 9.39. The summed E-state index contributed by atoms with van der Waals surface area (Å²) < 4.78 is 39.2. The molecule has 5 rings (SSSR count). The van der Waals surface area contributed by atoms with E-state index < -0.39 is 11.9 Å². The minimum Gasteiger partial charge on any atom is -0.508 e. The van der Waals surface area contributed by atoms with Crippen LogP contribution in [-0.4, -0.2) is 42.9 Å². The van der Waals surface area contributed by atoms with Gasteiger partial charge in [0.15, 0.2) is 0 Å². The van der Waals surface area contributed by atoms with Gasteiger partial charge in [0.2, 0.25) is 0 Å². The number of benzene rings is 3. The van der Waals surface area contributed by atoms with Gasteiger partial charge in [-0.3, -0.25) is 9.29 Å². The zero-order chi connectivity index (χ0) is 24.5. The van der Waals surface area contributed by atoms with Gasteiger partial charge in [0.25, 0.3) is 0 Å². The first-order chi connectivity index (χ1) is 16.9. The second kappa shape index (κ2) is 9.88. The normalized spacial score (nSPS) is 18.1. The van der Waals surface area contributed by atoms with Crippen LogP contribution >= 0.6 is 11.6 Å².